The van der Waals surface area contributed by atoms with E-state index in [1.807, 2.05) is 24.3 Å². The van der Waals surface area contributed by atoms with Gasteiger partial charge in [0.05, 0.1) is 0 Å². The zero-order valence-corrected chi connectivity index (χ0v) is 11.1. The highest BCUT2D eigenvalue weighted by Gasteiger charge is 2.03. The predicted octanol–water partition coefficient (Wildman–Crippen LogP) is 2.39. The molecule has 86 valence electrons. The molecular formula is C12H14INO2. The SMILES string of the molecule is O=CCCCCNC(=O)c1ccc(I)cc1. The van der Waals surface area contributed by atoms with Crippen molar-refractivity contribution in [2.24, 2.45) is 0 Å². The summed E-state index contributed by atoms with van der Waals surface area (Å²) in [4.78, 5) is 21.7. The van der Waals surface area contributed by atoms with Gasteiger partial charge in [-0.15, -0.1) is 0 Å². The number of nitrogens with one attached hydrogen (secondary N) is 1. The lowest BCUT2D eigenvalue weighted by Gasteiger charge is -2.04. The quantitative estimate of drug-likeness (QED) is 0.494. The Hall–Kier alpha value is -0.910. The summed E-state index contributed by atoms with van der Waals surface area (Å²) in [5, 5.41) is 2.82. The van der Waals surface area contributed by atoms with Crippen molar-refractivity contribution in [1.29, 1.82) is 0 Å². The van der Waals surface area contributed by atoms with E-state index in [9.17, 15) is 9.59 Å². The van der Waals surface area contributed by atoms with Gasteiger partial charge in [0.25, 0.3) is 5.91 Å². The summed E-state index contributed by atoms with van der Waals surface area (Å²) in [5.41, 5.74) is 0.677. The van der Waals surface area contributed by atoms with Crippen molar-refractivity contribution in [2.75, 3.05) is 6.54 Å². The molecule has 1 aromatic carbocycles. The summed E-state index contributed by atoms with van der Waals surface area (Å²) in [7, 11) is 0. The van der Waals surface area contributed by atoms with E-state index in [-0.39, 0.29) is 5.91 Å². The first-order valence-electron chi connectivity index (χ1n) is 5.21. The lowest BCUT2D eigenvalue weighted by molar-refractivity contribution is -0.107. The molecule has 16 heavy (non-hydrogen) atoms. The van der Waals surface area contributed by atoms with Gasteiger partial charge in [0, 0.05) is 22.1 Å². The van der Waals surface area contributed by atoms with Gasteiger partial charge in [0.15, 0.2) is 0 Å². The molecule has 0 atom stereocenters. The average Bonchev–Trinajstić information content (AvgIpc) is 2.29. The number of amides is 1. The Bertz CT molecular complexity index is 349. The van der Waals surface area contributed by atoms with Crippen LogP contribution in [0, 0.1) is 3.57 Å². The van der Waals surface area contributed by atoms with E-state index in [2.05, 4.69) is 27.9 Å². The molecule has 0 bridgehead atoms. The largest absolute Gasteiger partial charge is 0.352 e. The Morgan fingerprint density at radius 2 is 1.94 bits per heavy atom. The van der Waals surface area contributed by atoms with Gasteiger partial charge in [-0.05, 0) is 59.7 Å². The van der Waals surface area contributed by atoms with Crippen molar-refractivity contribution in [2.45, 2.75) is 19.3 Å². The second-order valence-electron chi connectivity index (χ2n) is 3.43. The molecule has 1 aromatic rings. The maximum atomic E-state index is 11.6. The molecule has 0 aromatic heterocycles. The van der Waals surface area contributed by atoms with Crippen molar-refractivity contribution >= 4 is 34.8 Å². The summed E-state index contributed by atoms with van der Waals surface area (Å²) in [6.07, 6.45) is 3.14. The van der Waals surface area contributed by atoms with Crippen molar-refractivity contribution in [1.82, 2.24) is 5.32 Å². The van der Waals surface area contributed by atoms with Crippen LogP contribution in [0.3, 0.4) is 0 Å². The molecule has 0 aliphatic heterocycles. The zero-order chi connectivity index (χ0) is 11.8. The summed E-state index contributed by atoms with van der Waals surface area (Å²) < 4.78 is 1.11. The standard InChI is InChI=1S/C12H14INO2/c13-11-6-4-10(5-7-11)12(16)14-8-2-1-3-9-15/h4-7,9H,1-3,8H2,(H,14,16). The molecule has 0 aliphatic rings. The number of unbranched alkanes of at least 4 members (excludes halogenated alkanes) is 2. The number of aldehydes is 1. The van der Waals surface area contributed by atoms with E-state index < -0.39 is 0 Å². The third-order valence-electron chi connectivity index (χ3n) is 2.14. The van der Waals surface area contributed by atoms with Crippen molar-refractivity contribution < 1.29 is 9.59 Å². The third kappa shape index (κ3) is 4.74. The van der Waals surface area contributed by atoms with Crippen molar-refractivity contribution in [3.63, 3.8) is 0 Å². The lowest BCUT2D eigenvalue weighted by atomic mass is 10.2. The Morgan fingerprint density at radius 1 is 1.25 bits per heavy atom. The molecule has 0 unspecified atom stereocenters. The Balaban J connectivity index is 2.29. The van der Waals surface area contributed by atoms with E-state index in [1.54, 1.807) is 0 Å². The van der Waals surface area contributed by atoms with E-state index in [4.69, 9.17) is 0 Å². The van der Waals surface area contributed by atoms with Gasteiger partial charge in [-0.2, -0.15) is 0 Å². The minimum atomic E-state index is -0.0532. The molecule has 1 rings (SSSR count). The smallest absolute Gasteiger partial charge is 0.251 e. The number of carbonyl (C=O) groups excluding carboxylic acids is 2. The van der Waals surface area contributed by atoms with Crippen LogP contribution in [0.5, 0.6) is 0 Å². The van der Waals surface area contributed by atoms with E-state index in [1.165, 1.54) is 0 Å². The molecule has 1 N–H and O–H groups in total. The van der Waals surface area contributed by atoms with Gasteiger partial charge in [-0.1, -0.05) is 0 Å². The normalized spacial score (nSPS) is 9.81. The highest BCUT2D eigenvalue weighted by molar-refractivity contribution is 14.1. The molecule has 1 amide bonds. The van der Waals surface area contributed by atoms with Crippen LogP contribution in [0.25, 0.3) is 0 Å². The van der Waals surface area contributed by atoms with Crippen LogP contribution in [0.1, 0.15) is 29.6 Å². The number of halogens is 1. The topological polar surface area (TPSA) is 46.2 Å². The summed E-state index contributed by atoms with van der Waals surface area (Å²) in [5.74, 6) is -0.0532. The van der Waals surface area contributed by atoms with Gasteiger partial charge < -0.3 is 10.1 Å². The average molecular weight is 331 g/mol. The van der Waals surface area contributed by atoms with Crippen molar-refractivity contribution in [3.8, 4) is 0 Å². The van der Waals surface area contributed by atoms with Crippen LogP contribution >= 0.6 is 22.6 Å². The molecule has 0 saturated heterocycles. The monoisotopic (exact) mass is 331 g/mol. The fraction of sp³-hybridized carbons (Fsp3) is 0.333. The first-order valence-corrected chi connectivity index (χ1v) is 6.29. The van der Waals surface area contributed by atoms with Crippen LogP contribution in [-0.2, 0) is 4.79 Å². The minimum Gasteiger partial charge on any atom is -0.352 e. The molecule has 0 spiro atoms. The first-order chi connectivity index (χ1) is 7.74. The lowest BCUT2D eigenvalue weighted by Crippen LogP contribution is -2.24. The Morgan fingerprint density at radius 3 is 2.56 bits per heavy atom. The van der Waals surface area contributed by atoms with Crippen LogP contribution in [0.2, 0.25) is 0 Å². The van der Waals surface area contributed by atoms with Crippen molar-refractivity contribution in [3.05, 3.63) is 33.4 Å². The number of hydrogen-bond donors (Lipinski definition) is 1. The fourth-order valence-corrected chi connectivity index (χ4v) is 1.62. The third-order valence-corrected chi connectivity index (χ3v) is 2.86. The second-order valence-corrected chi connectivity index (χ2v) is 4.67. The summed E-state index contributed by atoms with van der Waals surface area (Å²) in [6, 6.07) is 7.43. The van der Waals surface area contributed by atoms with Gasteiger partial charge >= 0.3 is 0 Å². The summed E-state index contributed by atoms with van der Waals surface area (Å²) in [6.45, 7) is 0.624. The van der Waals surface area contributed by atoms with Crippen LogP contribution in [0.4, 0.5) is 0 Å². The highest BCUT2D eigenvalue weighted by atomic mass is 127. The highest BCUT2D eigenvalue weighted by Crippen LogP contribution is 2.06. The van der Waals surface area contributed by atoms with E-state index in [0.29, 0.717) is 18.5 Å². The van der Waals surface area contributed by atoms with E-state index >= 15 is 0 Å². The maximum Gasteiger partial charge on any atom is 0.251 e. The molecule has 4 heteroatoms. The molecular weight excluding hydrogens is 317 g/mol. The van der Waals surface area contributed by atoms with Crippen LogP contribution < -0.4 is 5.32 Å². The molecule has 0 radical (unpaired) electrons. The van der Waals surface area contributed by atoms with Gasteiger partial charge in [-0.3, -0.25) is 4.79 Å². The molecule has 0 saturated carbocycles. The number of hydrogen-bond acceptors (Lipinski definition) is 2. The minimum absolute atomic E-state index is 0.0532. The molecule has 3 nitrogen and oxygen atoms in total. The van der Waals surface area contributed by atoms with Gasteiger partial charge in [0.1, 0.15) is 6.29 Å². The fourth-order valence-electron chi connectivity index (χ4n) is 1.26. The molecule has 0 aliphatic carbocycles. The first kappa shape index (κ1) is 13.2. The Kier molecular flexibility index (Phi) is 6.07. The summed E-state index contributed by atoms with van der Waals surface area (Å²) >= 11 is 2.20. The number of rotatable bonds is 6. The van der Waals surface area contributed by atoms with E-state index in [0.717, 1.165) is 22.7 Å². The maximum absolute atomic E-state index is 11.6. The van der Waals surface area contributed by atoms with Gasteiger partial charge in [-0.25, -0.2) is 0 Å². The van der Waals surface area contributed by atoms with Crippen LogP contribution in [-0.4, -0.2) is 18.7 Å². The number of benzene rings is 1. The van der Waals surface area contributed by atoms with Gasteiger partial charge in [0.2, 0.25) is 0 Å². The second kappa shape index (κ2) is 7.38. The molecule has 0 fully saturated rings. The Labute approximate surface area is 109 Å². The van der Waals surface area contributed by atoms with Crippen LogP contribution in [0.15, 0.2) is 24.3 Å². The number of carbonyl (C=O) groups is 2. The molecule has 0 heterocycles. The zero-order valence-electron chi connectivity index (χ0n) is 8.91. The predicted molar refractivity (Wildman–Crippen MR) is 71.4 cm³/mol.